The third-order valence-corrected chi connectivity index (χ3v) is 4.16. The van der Waals surface area contributed by atoms with Crippen molar-refractivity contribution in [2.75, 3.05) is 17.7 Å². The molecule has 0 heterocycles. The maximum Gasteiger partial charge on any atom is 0.175 e. The minimum Gasteiger partial charge on any atom is -0.497 e. The highest BCUT2D eigenvalue weighted by molar-refractivity contribution is 14.1. The molecule has 0 aliphatic carbocycles. The van der Waals surface area contributed by atoms with E-state index in [1.807, 2.05) is 30.3 Å². The number of aryl methyl sites for hydroxylation is 1. The average Bonchev–Trinajstić information content (AvgIpc) is 2.43. The van der Waals surface area contributed by atoms with Gasteiger partial charge in [0.1, 0.15) is 5.75 Å². The van der Waals surface area contributed by atoms with Crippen molar-refractivity contribution in [2.24, 2.45) is 0 Å². The molecule has 0 aromatic heterocycles. The Kier molecular flexibility index (Phi) is 5.19. The van der Waals surface area contributed by atoms with Gasteiger partial charge < -0.3 is 15.4 Å². The first-order chi connectivity index (χ1) is 9.58. The molecule has 0 unspecified atom stereocenters. The van der Waals surface area contributed by atoms with Gasteiger partial charge in [0.05, 0.1) is 7.11 Å². The first-order valence-electron chi connectivity index (χ1n) is 6.06. The van der Waals surface area contributed by atoms with E-state index in [1.165, 1.54) is 9.13 Å². The molecule has 0 aliphatic rings. The second kappa shape index (κ2) is 6.90. The van der Waals surface area contributed by atoms with Crippen molar-refractivity contribution >= 4 is 51.3 Å². The van der Waals surface area contributed by atoms with Gasteiger partial charge in [0.15, 0.2) is 5.11 Å². The molecule has 0 saturated carbocycles. The molecule has 20 heavy (non-hydrogen) atoms. The lowest BCUT2D eigenvalue weighted by Gasteiger charge is -2.12. The maximum atomic E-state index is 5.31. The first-order valence-corrected chi connectivity index (χ1v) is 7.55. The summed E-state index contributed by atoms with van der Waals surface area (Å²) in [5.74, 6) is 0.794. The summed E-state index contributed by atoms with van der Waals surface area (Å²) >= 11 is 7.62. The summed E-state index contributed by atoms with van der Waals surface area (Å²) in [5, 5.41) is 6.86. The molecule has 0 fully saturated rings. The highest BCUT2D eigenvalue weighted by Crippen LogP contribution is 2.19. The number of ether oxygens (including phenoxy) is 1. The van der Waals surface area contributed by atoms with E-state index < -0.39 is 0 Å². The fraction of sp³-hybridized carbons (Fsp3) is 0.133. The second-order valence-corrected chi connectivity index (χ2v) is 5.85. The molecular formula is C15H15IN2OS. The SMILES string of the molecule is COc1cccc(NC(=S)Nc2ccc(I)c(C)c2)c1. The third-order valence-electron chi connectivity index (χ3n) is 2.74. The van der Waals surface area contributed by atoms with Gasteiger partial charge in [-0.25, -0.2) is 0 Å². The van der Waals surface area contributed by atoms with E-state index >= 15 is 0 Å². The van der Waals surface area contributed by atoms with Crippen LogP contribution in [-0.2, 0) is 0 Å². The van der Waals surface area contributed by atoms with E-state index in [9.17, 15) is 0 Å². The van der Waals surface area contributed by atoms with Gasteiger partial charge in [-0.1, -0.05) is 6.07 Å². The van der Waals surface area contributed by atoms with E-state index in [-0.39, 0.29) is 0 Å². The Bertz CT molecular complexity index is 631. The van der Waals surface area contributed by atoms with Crippen molar-refractivity contribution < 1.29 is 4.74 Å². The minimum absolute atomic E-state index is 0.555. The summed E-state index contributed by atoms with van der Waals surface area (Å²) in [6.07, 6.45) is 0. The van der Waals surface area contributed by atoms with Crippen molar-refractivity contribution in [1.82, 2.24) is 0 Å². The van der Waals surface area contributed by atoms with Gasteiger partial charge >= 0.3 is 0 Å². The summed E-state index contributed by atoms with van der Waals surface area (Å²) in [5.41, 5.74) is 3.09. The van der Waals surface area contributed by atoms with Crippen LogP contribution in [0.1, 0.15) is 5.56 Å². The quantitative estimate of drug-likeness (QED) is 0.593. The third kappa shape index (κ3) is 4.08. The van der Waals surface area contributed by atoms with Crippen LogP contribution in [0.4, 0.5) is 11.4 Å². The van der Waals surface area contributed by atoms with E-state index in [0.29, 0.717) is 5.11 Å². The number of halogens is 1. The number of hydrogen-bond acceptors (Lipinski definition) is 2. The standard InChI is InChI=1S/C15H15IN2OS/c1-10-8-12(6-7-14(10)16)18-15(20)17-11-4-3-5-13(9-11)19-2/h3-9H,1-2H3,(H2,17,18,20). The summed E-state index contributed by atoms with van der Waals surface area (Å²) in [7, 11) is 1.64. The second-order valence-electron chi connectivity index (χ2n) is 4.28. The van der Waals surface area contributed by atoms with Crippen LogP contribution in [0.3, 0.4) is 0 Å². The van der Waals surface area contributed by atoms with Crippen LogP contribution in [-0.4, -0.2) is 12.2 Å². The monoisotopic (exact) mass is 398 g/mol. The van der Waals surface area contributed by atoms with Crippen molar-refractivity contribution in [3.8, 4) is 5.75 Å². The Hall–Kier alpha value is -1.34. The van der Waals surface area contributed by atoms with Crippen molar-refractivity contribution in [1.29, 1.82) is 0 Å². The fourth-order valence-corrected chi connectivity index (χ4v) is 2.29. The molecule has 0 aliphatic heterocycles. The maximum absolute atomic E-state index is 5.31. The van der Waals surface area contributed by atoms with Gasteiger partial charge in [-0.3, -0.25) is 0 Å². The van der Waals surface area contributed by atoms with Crippen LogP contribution in [0.15, 0.2) is 42.5 Å². The number of hydrogen-bond donors (Lipinski definition) is 2. The van der Waals surface area contributed by atoms with Gasteiger partial charge in [-0.15, -0.1) is 0 Å². The largest absolute Gasteiger partial charge is 0.497 e. The highest BCUT2D eigenvalue weighted by atomic mass is 127. The zero-order valence-electron chi connectivity index (χ0n) is 11.2. The predicted octanol–water partition coefficient (Wildman–Crippen LogP) is 4.42. The molecule has 2 aromatic carbocycles. The highest BCUT2D eigenvalue weighted by Gasteiger charge is 2.02. The Labute approximate surface area is 137 Å². The zero-order valence-corrected chi connectivity index (χ0v) is 14.2. The molecule has 0 bridgehead atoms. The normalized spacial score (nSPS) is 9.95. The van der Waals surface area contributed by atoms with Crippen LogP contribution in [0, 0.1) is 10.5 Å². The number of methoxy groups -OCH3 is 1. The van der Waals surface area contributed by atoms with Crippen LogP contribution >= 0.6 is 34.8 Å². The summed E-state index contributed by atoms with van der Waals surface area (Å²) in [6.45, 7) is 2.07. The molecule has 0 amide bonds. The predicted molar refractivity (Wildman–Crippen MR) is 96.7 cm³/mol. The Morgan fingerprint density at radius 1 is 1.10 bits per heavy atom. The van der Waals surface area contributed by atoms with Crippen LogP contribution < -0.4 is 15.4 Å². The van der Waals surface area contributed by atoms with Gasteiger partial charge in [0.2, 0.25) is 0 Å². The van der Waals surface area contributed by atoms with Crippen molar-refractivity contribution in [3.63, 3.8) is 0 Å². The molecule has 104 valence electrons. The molecule has 0 radical (unpaired) electrons. The Morgan fingerprint density at radius 3 is 2.45 bits per heavy atom. The molecule has 0 spiro atoms. The zero-order chi connectivity index (χ0) is 14.5. The molecule has 2 rings (SSSR count). The Balaban J connectivity index is 2.03. The molecular weight excluding hydrogens is 383 g/mol. The average molecular weight is 398 g/mol. The van der Waals surface area contributed by atoms with E-state index in [2.05, 4.69) is 52.3 Å². The number of nitrogens with one attached hydrogen (secondary N) is 2. The van der Waals surface area contributed by atoms with Crippen LogP contribution in [0.5, 0.6) is 5.75 Å². The Morgan fingerprint density at radius 2 is 1.80 bits per heavy atom. The molecule has 2 aromatic rings. The van der Waals surface area contributed by atoms with Crippen LogP contribution in [0.25, 0.3) is 0 Å². The van der Waals surface area contributed by atoms with Crippen molar-refractivity contribution in [3.05, 3.63) is 51.6 Å². The molecule has 5 heteroatoms. The lowest BCUT2D eigenvalue weighted by molar-refractivity contribution is 0.415. The van der Waals surface area contributed by atoms with E-state index in [4.69, 9.17) is 17.0 Å². The first kappa shape index (κ1) is 15.1. The smallest absolute Gasteiger partial charge is 0.175 e. The fourth-order valence-electron chi connectivity index (χ4n) is 1.72. The molecule has 3 nitrogen and oxygen atoms in total. The van der Waals surface area contributed by atoms with Gasteiger partial charge in [0.25, 0.3) is 0 Å². The number of anilines is 2. The lowest BCUT2D eigenvalue weighted by atomic mass is 10.2. The van der Waals surface area contributed by atoms with Crippen molar-refractivity contribution in [2.45, 2.75) is 6.92 Å². The van der Waals surface area contributed by atoms with Gasteiger partial charge in [-0.2, -0.15) is 0 Å². The summed E-state index contributed by atoms with van der Waals surface area (Å²) < 4.78 is 6.42. The minimum atomic E-state index is 0.555. The topological polar surface area (TPSA) is 33.3 Å². The van der Waals surface area contributed by atoms with Crippen LogP contribution in [0.2, 0.25) is 0 Å². The lowest BCUT2D eigenvalue weighted by Crippen LogP contribution is -2.19. The van der Waals surface area contributed by atoms with Gasteiger partial charge in [-0.05, 0) is 77.6 Å². The van der Waals surface area contributed by atoms with Gasteiger partial charge in [0, 0.05) is 21.0 Å². The molecule has 2 N–H and O–H groups in total. The number of thiocarbonyl (C=S) groups is 1. The molecule has 0 atom stereocenters. The number of benzene rings is 2. The summed E-state index contributed by atoms with van der Waals surface area (Å²) in [6, 6.07) is 13.8. The molecule has 0 saturated heterocycles. The number of rotatable bonds is 3. The summed E-state index contributed by atoms with van der Waals surface area (Å²) in [4.78, 5) is 0. The van der Waals surface area contributed by atoms with E-state index in [0.717, 1.165) is 17.1 Å². The van der Waals surface area contributed by atoms with E-state index in [1.54, 1.807) is 7.11 Å².